The van der Waals surface area contributed by atoms with Gasteiger partial charge in [0.15, 0.2) is 0 Å². The van der Waals surface area contributed by atoms with Gasteiger partial charge in [0, 0.05) is 11.6 Å². The Morgan fingerprint density at radius 1 is 1.55 bits per heavy atom. The molecule has 64 valence electrons. The lowest BCUT2D eigenvalue weighted by atomic mass is 10.1. The van der Waals surface area contributed by atoms with E-state index in [4.69, 9.17) is 11.5 Å². The van der Waals surface area contributed by atoms with E-state index in [2.05, 4.69) is 0 Å². The Hall–Kier alpha value is -0.830. The van der Waals surface area contributed by atoms with E-state index in [1.807, 2.05) is 13.8 Å². The van der Waals surface area contributed by atoms with E-state index >= 15 is 0 Å². The lowest BCUT2D eigenvalue weighted by molar-refractivity contribution is -0.114. The minimum Gasteiger partial charge on any atom is -0.366 e. The summed E-state index contributed by atoms with van der Waals surface area (Å²) in [6, 6.07) is -0.0440. The van der Waals surface area contributed by atoms with Crippen LogP contribution in [-0.2, 0) is 4.79 Å². The van der Waals surface area contributed by atoms with Gasteiger partial charge in [-0.25, -0.2) is 0 Å². The summed E-state index contributed by atoms with van der Waals surface area (Å²) in [6.07, 6.45) is 3.22. The van der Waals surface area contributed by atoms with Gasteiger partial charge in [-0.3, -0.25) is 4.79 Å². The number of carbonyl (C=O) groups is 1. The summed E-state index contributed by atoms with van der Waals surface area (Å²) in [7, 11) is 0. The van der Waals surface area contributed by atoms with Crippen molar-refractivity contribution in [3.8, 4) is 0 Å². The first-order chi connectivity index (χ1) is 5.11. The molecule has 0 bridgehead atoms. The van der Waals surface area contributed by atoms with Gasteiger partial charge in [-0.15, -0.1) is 0 Å². The molecule has 0 aromatic rings. The van der Waals surface area contributed by atoms with Crippen LogP contribution in [0.1, 0.15) is 26.7 Å². The molecular formula is C8H16N2O. The predicted octanol–water partition coefficient (Wildman–Crippen LogP) is 0.545. The average molecular weight is 156 g/mol. The summed E-state index contributed by atoms with van der Waals surface area (Å²) < 4.78 is 0. The van der Waals surface area contributed by atoms with Gasteiger partial charge in [-0.2, -0.15) is 0 Å². The van der Waals surface area contributed by atoms with Crippen LogP contribution in [0.25, 0.3) is 0 Å². The van der Waals surface area contributed by atoms with E-state index in [9.17, 15) is 4.79 Å². The molecule has 0 aliphatic rings. The highest BCUT2D eigenvalue weighted by molar-refractivity contribution is 5.91. The molecule has 1 amide bonds. The summed E-state index contributed by atoms with van der Waals surface area (Å²) in [4.78, 5) is 10.7. The molecule has 0 radical (unpaired) electrons. The van der Waals surface area contributed by atoms with Gasteiger partial charge in [0.1, 0.15) is 0 Å². The van der Waals surface area contributed by atoms with Crippen LogP contribution in [-0.4, -0.2) is 11.9 Å². The Bertz CT molecular complexity index is 163. The maximum Gasteiger partial charge on any atom is 0.244 e. The lowest BCUT2D eigenvalue weighted by Gasteiger charge is -2.04. The molecule has 0 aliphatic heterocycles. The number of nitrogens with two attached hydrogens (primary N) is 2. The zero-order valence-electron chi connectivity index (χ0n) is 7.13. The number of amides is 1. The van der Waals surface area contributed by atoms with Crippen LogP contribution in [0, 0.1) is 0 Å². The fourth-order valence-corrected chi connectivity index (χ4v) is 0.750. The maximum atomic E-state index is 10.7. The van der Waals surface area contributed by atoms with Gasteiger partial charge in [-0.1, -0.05) is 19.9 Å². The van der Waals surface area contributed by atoms with Crippen LogP contribution in [0.5, 0.6) is 0 Å². The van der Waals surface area contributed by atoms with E-state index in [0.717, 1.165) is 6.42 Å². The van der Waals surface area contributed by atoms with Crippen molar-refractivity contribution in [3.63, 3.8) is 0 Å². The molecule has 1 atom stereocenters. The van der Waals surface area contributed by atoms with Crippen molar-refractivity contribution in [2.75, 3.05) is 0 Å². The van der Waals surface area contributed by atoms with Crippen molar-refractivity contribution in [1.29, 1.82) is 0 Å². The van der Waals surface area contributed by atoms with E-state index in [1.54, 1.807) is 6.08 Å². The van der Waals surface area contributed by atoms with Gasteiger partial charge < -0.3 is 11.5 Å². The number of hydrogen-bond acceptors (Lipinski definition) is 2. The first kappa shape index (κ1) is 10.2. The SMILES string of the molecule is CCC(=CC(N)CC)C(N)=O. The molecule has 0 aromatic carbocycles. The minimum atomic E-state index is -0.364. The summed E-state index contributed by atoms with van der Waals surface area (Å²) in [6.45, 7) is 3.86. The van der Waals surface area contributed by atoms with Crippen molar-refractivity contribution in [1.82, 2.24) is 0 Å². The van der Waals surface area contributed by atoms with Crippen LogP contribution in [0.4, 0.5) is 0 Å². The van der Waals surface area contributed by atoms with Gasteiger partial charge in [0.05, 0.1) is 0 Å². The molecule has 0 saturated carbocycles. The van der Waals surface area contributed by atoms with Gasteiger partial charge >= 0.3 is 0 Å². The third kappa shape index (κ3) is 3.78. The highest BCUT2D eigenvalue weighted by atomic mass is 16.1. The molecule has 3 heteroatoms. The number of primary amides is 1. The Kier molecular flexibility index (Phi) is 4.54. The molecule has 0 fully saturated rings. The third-order valence-electron chi connectivity index (χ3n) is 1.58. The zero-order chi connectivity index (χ0) is 8.85. The van der Waals surface area contributed by atoms with Crippen LogP contribution in [0.2, 0.25) is 0 Å². The van der Waals surface area contributed by atoms with Crippen LogP contribution in [0.3, 0.4) is 0 Å². The van der Waals surface area contributed by atoms with Gasteiger partial charge in [0.2, 0.25) is 5.91 Å². The average Bonchev–Trinajstić information content (AvgIpc) is 1.99. The first-order valence-electron chi connectivity index (χ1n) is 3.87. The molecule has 4 N–H and O–H groups in total. The minimum absolute atomic E-state index is 0.0440. The second-order valence-corrected chi connectivity index (χ2v) is 2.48. The lowest BCUT2D eigenvalue weighted by Crippen LogP contribution is -2.20. The predicted molar refractivity (Wildman–Crippen MR) is 45.8 cm³/mol. The van der Waals surface area contributed by atoms with E-state index in [1.165, 1.54) is 0 Å². The smallest absolute Gasteiger partial charge is 0.244 e. The van der Waals surface area contributed by atoms with Crippen molar-refractivity contribution in [3.05, 3.63) is 11.6 Å². The topological polar surface area (TPSA) is 69.1 Å². The Morgan fingerprint density at radius 2 is 2.09 bits per heavy atom. The standard InChI is InChI=1S/C8H16N2O/c1-3-6(8(10)11)5-7(9)4-2/h5,7H,3-4,9H2,1-2H3,(H2,10,11). The third-order valence-corrected chi connectivity index (χ3v) is 1.58. The molecule has 11 heavy (non-hydrogen) atoms. The molecule has 3 nitrogen and oxygen atoms in total. The molecule has 0 rings (SSSR count). The molecule has 0 aromatic heterocycles. The van der Waals surface area contributed by atoms with Crippen molar-refractivity contribution in [2.24, 2.45) is 11.5 Å². The Labute approximate surface area is 67.4 Å². The number of hydrogen-bond donors (Lipinski definition) is 2. The van der Waals surface area contributed by atoms with Gasteiger partial charge in [-0.05, 0) is 12.8 Å². The Balaban J connectivity index is 4.22. The van der Waals surface area contributed by atoms with Crippen LogP contribution < -0.4 is 11.5 Å². The van der Waals surface area contributed by atoms with Crippen molar-refractivity contribution >= 4 is 5.91 Å². The first-order valence-corrected chi connectivity index (χ1v) is 3.87. The van der Waals surface area contributed by atoms with E-state index in [-0.39, 0.29) is 11.9 Å². The molecule has 0 heterocycles. The van der Waals surface area contributed by atoms with E-state index in [0.29, 0.717) is 12.0 Å². The molecule has 0 saturated heterocycles. The van der Waals surface area contributed by atoms with Crippen molar-refractivity contribution < 1.29 is 4.79 Å². The summed E-state index contributed by atoms with van der Waals surface area (Å²) in [5, 5.41) is 0. The summed E-state index contributed by atoms with van der Waals surface area (Å²) in [5.41, 5.74) is 11.3. The quantitative estimate of drug-likeness (QED) is 0.583. The molecule has 1 unspecified atom stereocenters. The molecule has 0 aliphatic carbocycles. The summed E-state index contributed by atoms with van der Waals surface area (Å²) in [5.74, 6) is -0.364. The van der Waals surface area contributed by atoms with Crippen molar-refractivity contribution in [2.45, 2.75) is 32.7 Å². The molecular weight excluding hydrogens is 140 g/mol. The number of rotatable bonds is 4. The van der Waals surface area contributed by atoms with Gasteiger partial charge in [0.25, 0.3) is 0 Å². The second-order valence-electron chi connectivity index (χ2n) is 2.48. The largest absolute Gasteiger partial charge is 0.366 e. The maximum absolute atomic E-state index is 10.7. The monoisotopic (exact) mass is 156 g/mol. The summed E-state index contributed by atoms with van der Waals surface area (Å²) >= 11 is 0. The fourth-order valence-electron chi connectivity index (χ4n) is 0.750. The highest BCUT2D eigenvalue weighted by Gasteiger charge is 2.03. The Morgan fingerprint density at radius 3 is 2.36 bits per heavy atom. The molecule has 0 spiro atoms. The number of carbonyl (C=O) groups excluding carboxylic acids is 1. The fraction of sp³-hybridized carbons (Fsp3) is 0.625. The highest BCUT2D eigenvalue weighted by Crippen LogP contribution is 2.01. The van der Waals surface area contributed by atoms with E-state index < -0.39 is 0 Å². The van der Waals surface area contributed by atoms with Crippen LogP contribution in [0.15, 0.2) is 11.6 Å². The normalized spacial score (nSPS) is 14.6. The zero-order valence-corrected chi connectivity index (χ0v) is 7.13. The van der Waals surface area contributed by atoms with Crippen LogP contribution >= 0.6 is 0 Å². The second kappa shape index (κ2) is 4.91.